The Kier molecular flexibility index (Phi) is 21.8. The second-order valence-electron chi connectivity index (χ2n) is 31.1. The van der Waals surface area contributed by atoms with Crippen LogP contribution in [-0.4, -0.2) is 309 Å². The highest BCUT2D eigenvalue weighted by atomic mass is 16.8. The first-order valence-corrected chi connectivity index (χ1v) is 34.0. The summed E-state index contributed by atoms with van der Waals surface area (Å²) in [6.45, 7) is 13.5. The molecular formula is C65H102O32. The molecule has 97 heavy (non-hydrogen) atoms. The highest BCUT2D eigenvalue weighted by Crippen LogP contribution is 2.76. The molecule has 4 saturated carbocycles. The summed E-state index contributed by atoms with van der Waals surface area (Å²) in [4.78, 5) is 42.2. The van der Waals surface area contributed by atoms with Gasteiger partial charge in [0.05, 0.1) is 49.0 Å². The van der Waals surface area contributed by atoms with E-state index >= 15 is 4.79 Å². The fourth-order valence-electron chi connectivity index (χ4n) is 19.0. The zero-order valence-electron chi connectivity index (χ0n) is 55.6. The Morgan fingerprint density at radius 3 is 1.68 bits per heavy atom. The summed E-state index contributed by atoms with van der Waals surface area (Å²) in [6, 6.07) is 0. The lowest BCUT2D eigenvalue weighted by Gasteiger charge is -2.71. The van der Waals surface area contributed by atoms with Gasteiger partial charge in [0.2, 0.25) is 6.29 Å². The number of esters is 1. The standard InChI is InChI=1S/C65H102O32/c1-24-34(70)40(76)51(96-56-46(82)49(94-55-43(79)39(75)37(73)30(21-67)90-55)47(25(2)88-56)92-53-41(77)35(71)28(69)22-86-53)58(87-24)97-59(85)65-17-15-60(3,4)19-27(65)26-9-10-32-61(5)13-12-33(62(6,23-68)31(61)11-14-64(32,8)63(26,7)16-18-65)91-57-45(81)48(44(80)50(95-57)52(83)84)93-54-42(78)38(74)36(72)29(20-66)89-54/h9,23-25,27-51,53-58,66-67,69-82H,10-22H2,1-8H3,(H,83,84)/t24-,25+,27+,28-,29-,30-,31-,32-,33+,34+,35+,36-,37-,38+,39+,40+,41-,42-,43-,44+,45-,46-,47+,48+,49+,50+,51-,53+,54+,55+,56+,57-,58+,61+,62+,63-,64-,65+/m1/s1. The Morgan fingerprint density at radius 2 is 1.07 bits per heavy atom. The molecule has 0 unspecified atom stereocenters. The van der Waals surface area contributed by atoms with E-state index in [1.54, 1.807) is 6.92 Å². The van der Waals surface area contributed by atoms with Gasteiger partial charge >= 0.3 is 11.9 Å². The van der Waals surface area contributed by atoms with Gasteiger partial charge in [0.1, 0.15) is 122 Å². The molecule has 0 amide bonds. The van der Waals surface area contributed by atoms with E-state index in [4.69, 9.17) is 56.8 Å². The van der Waals surface area contributed by atoms with Gasteiger partial charge in [0.15, 0.2) is 43.7 Å². The number of rotatable bonds is 16. The number of carbonyl (C=O) groups excluding carboxylic acids is 2. The van der Waals surface area contributed by atoms with Gasteiger partial charge in [-0.1, -0.05) is 53.2 Å². The summed E-state index contributed by atoms with van der Waals surface area (Å²) in [5, 5.41) is 184. The number of carboxylic acid groups (broad SMARTS) is 1. The first kappa shape index (κ1) is 75.4. The monoisotopic (exact) mass is 1390 g/mol. The van der Waals surface area contributed by atoms with Gasteiger partial charge in [-0.15, -0.1) is 0 Å². The van der Waals surface area contributed by atoms with Crippen LogP contribution in [0.3, 0.4) is 0 Å². The second kappa shape index (κ2) is 28.0. The molecule has 0 aromatic rings. The van der Waals surface area contributed by atoms with Crippen molar-refractivity contribution in [2.24, 2.45) is 50.2 Å². The summed E-state index contributed by atoms with van der Waals surface area (Å²) in [5.74, 6) is -3.12. The van der Waals surface area contributed by atoms with E-state index in [9.17, 15) is 96.4 Å². The molecule has 5 aliphatic carbocycles. The Bertz CT molecular complexity index is 2820. The lowest BCUT2D eigenvalue weighted by molar-refractivity contribution is -0.394. The van der Waals surface area contributed by atoms with Crippen molar-refractivity contribution >= 4 is 18.2 Å². The molecule has 11 rings (SSSR count). The number of allylic oxidation sites excluding steroid dienone is 2. The molecule has 6 aliphatic heterocycles. The molecule has 0 aromatic heterocycles. The number of ether oxygens (including phenoxy) is 12. The van der Waals surface area contributed by atoms with E-state index in [1.807, 2.05) is 0 Å². The second-order valence-corrected chi connectivity index (χ2v) is 31.1. The minimum atomic E-state index is -2.09. The van der Waals surface area contributed by atoms with Crippen molar-refractivity contribution < 1.29 is 158 Å². The molecule has 11 aliphatic rings. The fourth-order valence-corrected chi connectivity index (χ4v) is 19.0. The van der Waals surface area contributed by atoms with Crippen LogP contribution >= 0.6 is 0 Å². The van der Waals surface area contributed by atoms with Gasteiger partial charge in [-0.25, -0.2) is 4.79 Å². The third-order valence-corrected chi connectivity index (χ3v) is 25.1. The fraction of sp³-hybridized carbons (Fsp3) is 0.923. The first-order chi connectivity index (χ1) is 45.5. The van der Waals surface area contributed by atoms with Crippen molar-refractivity contribution in [3.05, 3.63) is 11.6 Å². The largest absolute Gasteiger partial charge is 0.479 e. The Labute approximate surface area is 560 Å². The summed E-state index contributed by atoms with van der Waals surface area (Å²) in [7, 11) is 0. The zero-order valence-corrected chi connectivity index (χ0v) is 55.6. The molecule has 0 bridgehead atoms. The first-order valence-electron chi connectivity index (χ1n) is 34.0. The smallest absolute Gasteiger partial charge is 0.335 e. The minimum absolute atomic E-state index is 0.0515. The van der Waals surface area contributed by atoms with Gasteiger partial charge in [0, 0.05) is 0 Å². The predicted octanol–water partition coefficient (Wildman–Crippen LogP) is -4.42. The molecule has 554 valence electrons. The topological polar surface area (TPSA) is 506 Å². The molecule has 38 atom stereocenters. The normalized spacial score (nSPS) is 54.6. The number of hydrogen-bond donors (Lipinski definition) is 17. The van der Waals surface area contributed by atoms with Crippen molar-refractivity contribution in [1.29, 1.82) is 0 Å². The van der Waals surface area contributed by atoms with Crippen LogP contribution in [0, 0.1) is 50.2 Å². The number of aldehydes is 1. The van der Waals surface area contributed by atoms with Crippen molar-refractivity contribution in [1.82, 2.24) is 0 Å². The minimum Gasteiger partial charge on any atom is -0.479 e. The summed E-state index contributed by atoms with van der Waals surface area (Å²) in [5.41, 5.74) is -3.16. The van der Waals surface area contributed by atoms with Crippen LogP contribution < -0.4 is 0 Å². The highest BCUT2D eigenvalue weighted by molar-refractivity contribution is 5.79. The molecule has 0 spiro atoms. The van der Waals surface area contributed by atoms with Crippen LogP contribution in [0.4, 0.5) is 0 Å². The number of aliphatic hydroxyl groups excluding tert-OH is 16. The average molecular weight is 1400 g/mol. The summed E-state index contributed by atoms with van der Waals surface area (Å²) < 4.78 is 72.0. The maximum atomic E-state index is 15.7. The number of hydrogen-bond acceptors (Lipinski definition) is 31. The maximum Gasteiger partial charge on any atom is 0.335 e. The number of aliphatic carboxylic acids is 1. The molecule has 6 saturated heterocycles. The van der Waals surface area contributed by atoms with Gasteiger partial charge in [-0.2, -0.15) is 0 Å². The molecule has 32 heteroatoms. The maximum absolute atomic E-state index is 15.7. The van der Waals surface area contributed by atoms with Crippen LogP contribution in [0.15, 0.2) is 11.6 Å². The average Bonchev–Trinajstić information content (AvgIpc) is 0.675. The predicted molar refractivity (Wildman–Crippen MR) is 320 cm³/mol. The number of carboxylic acids is 1. The van der Waals surface area contributed by atoms with E-state index in [-0.39, 0.29) is 23.7 Å². The third-order valence-electron chi connectivity index (χ3n) is 25.1. The molecule has 0 radical (unpaired) electrons. The lowest BCUT2D eigenvalue weighted by Crippen LogP contribution is -2.68. The Morgan fingerprint density at radius 1 is 0.526 bits per heavy atom. The van der Waals surface area contributed by atoms with Crippen LogP contribution in [0.5, 0.6) is 0 Å². The quantitative estimate of drug-likeness (QED) is 0.0300. The number of fused-ring (bicyclic) bond motifs is 7. The zero-order chi connectivity index (χ0) is 70.9. The van der Waals surface area contributed by atoms with Crippen molar-refractivity contribution in [2.45, 2.75) is 304 Å². The van der Waals surface area contributed by atoms with E-state index in [2.05, 4.69) is 40.7 Å². The van der Waals surface area contributed by atoms with Gasteiger partial charge in [-0.05, 0) is 117 Å². The van der Waals surface area contributed by atoms with Crippen molar-refractivity contribution in [2.75, 3.05) is 19.8 Å². The van der Waals surface area contributed by atoms with E-state index in [1.165, 1.54) is 13.8 Å². The molecule has 0 aromatic carbocycles. The van der Waals surface area contributed by atoms with Crippen LogP contribution in [0.25, 0.3) is 0 Å². The van der Waals surface area contributed by atoms with Gasteiger partial charge in [-0.3, -0.25) is 4.79 Å². The third kappa shape index (κ3) is 12.8. The Hall–Kier alpha value is -2.73. The molecule has 10 fully saturated rings. The van der Waals surface area contributed by atoms with Crippen molar-refractivity contribution in [3.8, 4) is 0 Å². The number of carbonyl (C=O) groups is 3. The molecule has 17 N–H and O–H groups in total. The van der Waals surface area contributed by atoms with E-state index < -0.39 is 249 Å². The molecular weight excluding hydrogens is 1290 g/mol. The van der Waals surface area contributed by atoms with Crippen LogP contribution in [0.2, 0.25) is 0 Å². The Balaban J connectivity index is 0.833. The number of aliphatic hydroxyl groups is 16. The summed E-state index contributed by atoms with van der Waals surface area (Å²) >= 11 is 0. The molecule has 6 heterocycles. The SMILES string of the molecule is C[C@@H]1O[C@@H](O[C@H]2[C@H](OC(=O)[C@]34CCC(C)(C)C[C@H]3C3=CC[C@@H]5[C@@]6(C)CC[C@H](O[C@@H]7O[C@H](C(=O)O)[C@@H](O)[C@H](O[C@@H]8O[C@H](CO)[C@@H](O)[C@H](O)[C@H]8O)[C@H]7O)[C@@](C)(C=O)[C@@H]6CC[C@@]5(C)[C@]3(C)CC4)O[C@H](C)[C@H](O)[C@@H]2O)[C@H](O)[C@H](O[C@@H]2O[C@H](CO)[C@@H](O)[C@H](O)[C@H]2O)[C@H]1O[C@@H]1OC[C@@H](O)[C@H](O)[C@H]1O. The molecule has 32 nitrogen and oxygen atoms in total. The highest BCUT2D eigenvalue weighted by Gasteiger charge is 2.71. The van der Waals surface area contributed by atoms with Gasteiger partial charge in [0.25, 0.3) is 0 Å². The van der Waals surface area contributed by atoms with E-state index in [0.717, 1.165) is 11.9 Å². The summed E-state index contributed by atoms with van der Waals surface area (Å²) in [6.07, 6.45) is -44.6. The van der Waals surface area contributed by atoms with E-state index in [0.29, 0.717) is 57.8 Å². The van der Waals surface area contributed by atoms with Crippen LogP contribution in [-0.2, 0) is 71.2 Å². The van der Waals surface area contributed by atoms with Crippen molar-refractivity contribution in [3.63, 3.8) is 0 Å². The van der Waals surface area contributed by atoms with Crippen LogP contribution in [0.1, 0.15) is 120 Å². The van der Waals surface area contributed by atoms with Gasteiger partial charge < -0.3 is 148 Å². The lowest BCUT2D eigenvalue weighted by atomic mass is 9.33.